The van der Waals surface area contributed by atoms with Crippen LogP contribution in [0.4, 0.5) is 0 Å². The van der Waals surface area contributed by atoms with Crippen LogP contribution in [0.3, 0.4) is 0 Å². The summed E-state index contributed by atoms with van der Waals surface area (Å²) in [6, 6.07) is 16.4. The van der Waals surface area contributed by atoms with Crippen LogP contribution in [0.2, 0.25) is 5.02 Å². The van der Waals surface area contributed by atoms with Crippen LogP contribution in [-0.2, 0) is 16.1 Å². The maximum Gasteiger partial charge on any atom is 0.242 e. The Morgan fingerprint density at radius 2 is 1.74 bits per heavy atom. The number of nitrogens with one attached hydrogen (secondary N) is 1. The van der Waals surface area contributed by atoms with E-state index in [2.05, 4.69) is 19.2 Å². The van der Waals surface area contributed by atoms with Gasteiger partial charge in [-0.3, -0.25) is 9.59 Å². The molecule has 5 nitrogen and oxygen atoms in total. The molecular weight excluding hydrogens is 412 g/mol. The number of hydrogen-bond donors (Lipinski definition) is 1. The molecule has 168 valence electrons. The Morgan fingerprint density at radius 1 is 1.06 bits per heavy atom. The summed E-state index contributed by atoms with van der Waals surface area (Å²) in [6.07, 6.45) is 1.44. The normalized spacial score (nSPS) is 11.8. The molecule has 0 saturated heterocycles. The van der Waals surface area contributed by atoms with E-state index in [0.717, 1.165) is 11.3 Å². The lowest BCUT2D eigenvalue weighted by Crippen LogP contribution is -2.49. The van der Waals surface area contributed by atoms with Gasteiger partial charge in [0.1, 0.15) is 11.8 Å². The molecule has 1 atom stereocenters. The van der Waals surface area contributed by atoms with Gasteiger partial charge in [-0.25, -0.2) is 0 Å². The van der Waals surface area contributed by atoms with E-state index >= 15 is 0 Å². The monoisotopic (exact) mass is 444 g/mol. The van der Waals surface area contributed by atoms with E-state index in [-0.39, 0.29) is 11.8 Å². The number of halogens is 1. The van der Waals surface area contributed by atoms with E-state index in [4.69, 9.17) is 16.3 Å². The molecule has 0 aromatic heterocycles. The molecule has 6 heteroatoms. The summed E-state index contributed by atoms with van der Waals surface area (Å²) in [5.74, 6) is 0.926. The number of rotatable bonds is 12. The fraction of sp³-hybridized carbons (Fsp3) is 0.440. The fourth-order valence-corrected chi connectivity index (χ4v) is 3.34. The van der Waals surface area contributed by atoms with Crippen LogP contribution < -0.4 is 10.1 Å². The first kappa shape index (κ1) is 24.7. The first-order chi connectivity index (χ1) is 14.9. The third kappa shape index (κ3) is 8.62. The van der Waals surface area contributed by atoms with E-state index in [1.54, 1.807) is 29.2 Å². The van der Waals surface area contributed by atoms with Crippen LogP contribution in [0.15, 0.2) is 54.6 Å². The number of benzene rings is 2. The number of ether oxygens (including phenoxy) is 1. The van der Waals surface area contributed by atoms with Crippen molar-refractivity contribution in [3.8, 4) is 5.75 Å². The number of amides is 2. The van der Waals surface area contributed by atoms with Gasteiger partial charge in [0, 0.05) is 24.5 Å². The molecule has 0 fully saturated rings. The first-order valence-electron chi connectivity index (χ1n) is 10.9. The molecular formula is C25H33ClN2O3. The van der Waals surface area contributed by atoms with E-state index < -0.39 is 6.04 Å². The Balaban J connectivity index is 2.00. The fourth-order valence-electron chi connectivity index (χ4n) is 3.21. The van der Waals surface area contributed by atoms with Crippen molar-refractivity contribution in [3.63, 3.8) is 0 Å². The number of carbonyl (C=O) groups is 2. The van der Waals surface area contributed by atoms with Crippen molar-refractivity contribution in [1.29, 1.82) is 0 Å². The van der Waals surface area contributed by atoms with Crippen LogP contribution in [0.1, 0.15) is 45.6 Å². The number of nitrogens with zero attached hydrogens (tertiary/aromatic N) is 1. The van der Waals surface area contributed by atoms with Crippen molar-refractivity contribution < 1.29 is 14.3 Å². The summed E-state index contributed by atoms with van der Waals surface area (Å²) in [5, 5.41) is 3.63. The van der Waals surface area contributed by atoms with Gasteiger partial charge >= 0.3 is 0 Å². The lowest BCUT2D eigenvalue weighted by molar-refractivity contribution is -0.141. The van der Waals surface area contributed by atoms with Gasteiger partial charge in [0.05, 0.1) is 6.61 Å². The van der Waals surface area contributed by atoms with Gasteiger partial charge in [-0.1, -0.05) is 62.7 Å². The second-order valence-electron chi connectivity index (χ2n) is 7.98. The average molecular weight is 445 g/mol. The van der Waals surface area contributed by atoms with E-state index in [0.29, 0.717) is 49.9 Å². The maximum atomic E-state index is 13.1. The SMILES string of the molecule is CC[C@H](C(=O)NCC(C)C)N(Cc1ccccc1)C(=O)CCCOc1ccc(Cl)cc1. The molecule has 31 heavy (non-hydrogen) atoms. The molecule has 2 rings (SSSR count). The predicted molar refractivity (Wildman–Crippen MR) is 125 cm³/mol. The van der Waals surface area contributed by atoms with Gasteiger partial charge in [-0.15, -0.1) is 0 Å². The van der Waals surface area contributed by atoms with E-state index in [9.17, 15) is 9.59 Å². The Hall–Kier alpha value is -2.53. The second-order valence-corrected chi connectivity index (χ2v) is 8.41. The minimum atomic E-state index is -0.497. The number of hydrogen-bond acceptors (Lipinski definition) is 3. The van der Waals surface area contributed by atoms with Crippen molar-refractivity contribution in [2.45, 2.75) is 52.6 Å². The molecule has 0 unspecified atom stereocenters. The van der Waals surface area contributed by atoms with E-state index in [1.165, 1.54) is 0 Å². The van der Waals surface area contributed by atoms with Gasteiger partial charge < -0.3 is 15.0 Å². The highest BCUT2D eigenvalue weighted by Gasteiger charge is 2.28. The molecule has 0 radical (unpaired) electrons. The molecule has 0 saturated carbocycles. The van der Waals surface area contributed by atoms with Crippen LogP contribution in [0, 0.1) is 5.92 Å². The highest BCUT2D eigenvalue weighted by molar-refractivity contribution is 6.30. The van der Waals surface area contributed by atoms with Crippen molar-refractivity contribution in [3.05, 3.63) is 65.2 Å². The third-order valence-corrected chi connectivity index (χ3v) is 5.14. The van der Waals surface area contributed by atoms with Crippen LogP contribution in [-0.4, -0.2) is 35.9 Å². The van der Waals surface area contributed by atoms with Gasteiger partial charge in [0.25, 0.3) is 0 Å². The zero-order valence-corrected chi connectivity index (χ0v) is 19.4. The lowest BCUT2D eigenvalue weighted by atomic mass is 10.1. The smallest absolute Gasteiger partial charge is 0.242 e. The molecule has 0 aliphatic carbocycles. The van der Waals surface area contributed by atoms with Gasteiger partial charge in [-0.2, -0.15) is 0 Å². The van der Waals surface area contributed by atoms with E-state index in [1.807, 2.05) is 37.3 Å². The molecule has 0 spiro atoms. The minimum Gasteiger partial charge on any atom is -0.494 e. The zero-order chi connectivity index (χ0) is 22.6. The molecule has 0 heterocycles. The first-order valence-corrected chi connectivity index (χ1v) is 11.3. The lowest BCUT2D eigenvalue weighted by Gasteiger charge is -2.31. The maximum absolute atomic E-state index is 13.1. The average Bonchev–Trinajstić information content (AvgIpc) is 2.77. The Morgan fingerprint density at radius 3 is 2.35 bits per heavy atom. The molecule has 2 aromatic carbocycles. The molecule has 0 aliphatic heterocycles. The highest BCUT2D eigenvalue weighted by atomic mass is 35.5. The molecule has 0 aliphatic rings. The number of carbonyl (C=O) groups excluding carboxylic acids is 2. The zero-order valence-electron chi connectivity index (χ0n) is 18.6. The van der Waals surface area contributed by atoms with Crippen molar-refractivity contribution in [2.24, 2.45) is 5.92 Å². The van der Waals surface area contributed by atoms with Crippen molar-refractivity contribution in [2.75, 3.05) is 13.2 Å². The molecule has 2 amide bonds. The minimum absolute atomic E-state index is 0.0462. The van der Waals surface area contributed by atoms with Gasteiger partial charge in [0.2, 0.25) is 11.8 Å². The third-order valence-electron chi connectivity index (χ3n) is 4.88. The van der Waals surface area contributed by atoms with Gasteiger partial charge in [0.15, 0.2) is 0 Å². The Labute approximate surface area is 190 Å². The highest BCUT2D eigenvalue weighted by Crippen LogP contribution is 2.17. The summed E-state index contributed by atoms with van der Waals surface area (Å²) in [4.78, 5) is 27.6. The Kier molecular flexibility index (Phi) is 10.4. The topological polar surface area (TPSA) is 58.6 Å². The summed E-state index contributed by atoms with van der Waals surface area (Å²) < 4.78 is 5.70. The standard InChI is InChI=1S/C25H33ClN2O3/c1-4-23(25(30)27-17-19(2)3)28(18-20-9-6-5-7-10-20)24(29)11-8-16-31-22-14-12-21(26)13-15-22/h5-7,9-10,12-15,19,23H,4,8,11,16-18H2,1-3H3,(H,27,30)/t23-/m1/s1. The summed E-state index contributed by atoms with van der Waals surface area (Å²) >= 11 is 5.89. The molecule has 2 aromatic rings. The van der Waals surface area contributed by atoms with Crippen LogP contribution in [0.25, 0.3) is 0 Å². The largest absolute Gasteiger partial charge is 0.494 e. The van der Waals surface area contributed by atoms with Gasteiger partial charge in [-0.05, 0) is 48.6 Å². The molecule has 0 bridgehead atoms. The second kappa shape index (κ2) is 13.0. The van der Waals surface area contributed by atoms with Crippen LogP contribution in [0.5, 0.6) is 5.75 Å². The summed E-state index contributed by atoms with van der Waals surface area (Å²) in [5.41, 5.74) is 1.00. The van der Waals surface area contributed by atoms with Crippen molar-refractivity contribution >= 4 is 23.4 Å². The quantitative estimate of drug-likeness (QED) is 0.464. The Bertz CT molecular complexity index is 809. The summed E-state index contributed by atoms with van der Waals surface area (Å²) in [6.45, 7) is 7.46. The van der Waals surface area contributed by atoms with Crippen molar-refractivity contribution in [1.82, 2.24) is 10.2 Å². The van der Waals surface area contributed by atoms with Crippen LogP contribution >= 0.6 is 11.6 Å². The summed E-state index contributed by atoms with van der Waals surface area (Å²) in [7, 11) is 0. The molecule has 1 N–H and O–H groups in total. The predicted octanol–water partition coefficient (Wildman–Crippen LogP) is 5.08.